The van der Waals surface area contributed by atoms with Crippen LogP contribution in [-0.4, -0.2) is 51.4 Å². The molecular weight excluding hydrogens is 274 g/mol. The van der Waals surface area contributed by atoms with Gasteiger partial charge >= 0.3 is 12.0 Å². The molecule has 0 heterocycles. The Labute approximate surface area is 113 Å². The molecular formula is C10H21N3O5S. The molecule has 0 aromatic rings. The average Bonchev–Trinajstić information content (AvgIpc) is 2.28. The van der Waals surface area contributed by atoms with Crippen molar-refractivity contribution in [3.8, 4) is 0 Å². The van der Waals surface area contributed by atoms with Gasteiger partial charge in [-0.25, -0.2) is 17.9 Å². The highest BCUT2D eigenvalue weighted by atomic mass is 32.2. The third kappa shape index (κ3) is 12.9. The Morgan fingerprint density at radius 1 is 1.21 bits per heavy atom. The number of hydrogen-bond acceptors (Lipinski definition) is 4. The van der Waals surface area contributed by atoms with Crippen molar-refractivity contribution in [2.24, 2.45) is 5.92 Å². The molecule has 112 valence electrons. The van der Waals surface area contributed by atoms with Gasteiger partial charge in [0.1, 0.15) is 0 Å². The van der Waals surface area contributed by atoms with Crippen molar-refractivity contribution in [3.05, 3.63) is 0 Å². The van der Waals surface area contributed by atoms with Crippen molar-refractivity contribution in [3.63, 3.8) is 0 Å². The molecule has 19 heavy (non-hydrogen) atoms. The van der Waals surface area contributed by atoms with Gasteiger partial charge in [-0.15, -0.1) is 0 Å². The summed E-state index contributed by atoms with van der Waals surface area (Å²) in [5.74, 6) is -0.792. The Balaban J connectivity index is 3.61. The van der Waals surface area contributed by atoms with Crippen LogP contribution in [0.2, 0.25) is 0 Å². The summed E-state index contributed by atoms with van der Waals surface area (Å²) in [6, 6.07) is -0.405. The van der Waals surface area contributed by atoms with Crippen molar-refractivity contribution < 1.29 is 23.1 Å². The fraction of sp³-hybridized carbons (Fsp3) is 0.800. The Bertz CT molecular complexity index is 396. The van der Waals surface area contributed by atoms with E-state index in [0.29, 0.717) is 13.0 Å². The Hall–Kier alpha value is -1.35. The molecule has 0 bridgehead atoms. The van der Waals surface area contributed by atoms with Crippen molar-refractivity contribution >= 4 is 22.0 Å². The molecule has 9 heteroatoms. The van der Waals surface area contributed by atoms with Crippen LogP contribution in [0, 0.1) is 5.92 Å². The summed E-state index contributed by atoms with van der Waals surface area (Å²) in [5.41, 5.74) is 0. The van der Waals surface area contributed by atoms with Gasteiger partial charge < -0.3 is 15.7 Å². The number of carboxylic acid groups (broad SMARTS) is 1. The van der Waals surface area contributed by atoms with Gasteiger partial charge in [0.2, 0.25) is 10.0 Å². The van der Waals surface area contributed by atoms with Crippen molar-refractivity contribution in [1.82, 2.24) is 15.4 Å². The van der Waals surface area contributed by atoms with E-state index < -0.39 is 22.0 Å². The maximum absolute atomic E-state index is 11.3. The summed E-state index contributed by atoms with van der Waals surface area (Å²) < 4.78 is 23.7. The number of sulfonamides is 1. The van der Waals surface area contributed by atoms with Gasteiger partial charge in [-0.05, 0) is 12.3 Å². The molecule has 1 unspecified atom stereocenters. The third-order valence-electron chi connectivity index (χ3n) is 2.24. The van der Waals surface area contributed by atoms with Gasteiger partial charge in [0.25, 0.3) is 0 Å². The highest BCUT2D eigenvalue weighted by molar-refractivity contribution is 7.88. The molecule has 0 spiro atoms. The van der Waals surface area contributed by atoms with Crippen LogP contribution in [0.3, 0.4) is 0 Å². The second-order valence-electron chi connectivity index (χ2n) is 4.34. The number of hydrogen-bond donors (Lipinski definition) is 4. The minimum Gasteiger partial charge on any atom is -0.481 e. The zero-order valence-electron chi connectivity index (χ0n) is 11.1. The number of aliphatic carboxylic acids is 1. The van der Waals surface area contributed by atoms with Crippen molar-refractivity contribution in [1.29, 1.82) is 0 Å². The van der Waals surface area contributed by atoms with Gasteiger partial charge in [0.05, 0.1) is 6.26 Å². The fourth-order valence-electron chi connectivity index (χ4n) is 1.21. The fourth-order valence-corrected chi connectivity index (χ4v) is 1.69. The van der Waals surface area contributed by atoms with Gasteiger partial charge in [-0.1, -0.05) is 6.92 Å². The first-order chi connectivity index (χ1) is 8.70. The number of carboxylic acids is 1. The van der Waals surface area contributed by atoms with E-state index in [9.17, 15) is 18.0 Å². The van der Waals surface area contributed by atoms with E-state index in [1.165, 1.54) is 0 Å². The molecule has 0 saturated heterocycles. The first-order valence-electron chi connectivity index (χ1n) is 5.89. The highest BCUT2D eigenvalue weighted by Gasteiger charge is 2.07. The average molecular weight is 295 g/mol. The molecule has 0 saturated carbocycles. The summed E-state index contributed by atoms with van der Waals surface area (Å²) in [4.78, 5) is 21.6. The Morgan fingerprint density at radius 2 is 1.84 bits per heavy atom. The van der Waals surface area contributed by atoms with Crippen LogP contribution >= 0.6 is 0 Å². The van der Waals surface area contributed by atoms with Gasteiger partial charge in [0, 0.05) is 26.1 Å². The van der Waals surface area contributed by atoms with Crippen LogP contribution < -0.4 is 15.4 Å². The molecule has 8 nitrogen and oxygen atoms in total. The van der Waals surface area contributed by atoms with Crippen molar-refractivity contribution in [2.45, 2.75) is 19.8 Å². The molecule has 0 aliphatic rings. The molecule has 0 radical (unpaired) electrons. The van der Waals surface area contributed by atoms with E-state index in [0.717, 1.165) is 6.26 Å². The van der Waals surface area contributed by atoms with Crippen LogP contribution in [0.25, 0.3) is 0 Å². The lowest BCUT2D eigenvalue weighted by molar-refractivity contribution is -0.137. The highest BCUT2D eigenvalue weighted by Crippen LogP contribution is 2.03. The minimum atomic E-state index is -3.24. The van der Waals surface area contributed by atoms with Crippen LogP contribution in [0.1, 0.15) is 19.8 Å². The number of urea groups is 1. The first kappa shape index (κ1) is 17.6. The van der Waals surface area contributed by atoms with E-state index in [1.807, 2.05) is 6.92 Å². The standard InChI is InChI=1S/C10H21N3O5S/c1-8(3-4-9(14)15)7-12-10(16)11-5-6-13-19(2,17)18/h8,13H,3-7H2,1-2H3,(H,14,15)(H2,11,12,16). The van der Waals surface area contributed by atoms with Gasteiger partial charge in [-0.3, -0.25) is 4.79 Å². The molecule has 0 aliphatic carbocycles. The number of carbonyl (C=O) groups excluding carboxylic acids is 1. The number of rotatable bonds is 9. The molecule has 0 rings (SSSR count). The minimum absolute atomic E-state index is 0.0657. The lowest BCUT2D eigenvalue weighted by atomic mass is 10.1. The number of nitrogens with one attached hydrogen (secondary N) is 3. The largest absolute Gasteiger partial charge is 0.481 e. The summed E-state index contributed by atoms with van der Waals surface area (Å²) in [7, 11) is -3.24. The SMILES string of the molecule is CC(CCC(=O)O)CNC(=O)NCCNS(C)(=O)=O. The summed E-state index contributed by atoms with van der Waals surface area (Å²) in [6.45, 7) is 2.52. The topological polar surface area (TPSA) is 125 Å². The van der Waals surface area contributed by atoms with E-state index in [4.69, 9.17) is 5.11 Å². The third-order valence-corrected chi connectivity index (χ3v) is 2.97. The molecule has 1 atom stereocenters. The van der Waals surface area contributed by atoms with E-state index in [-0.39, 0.29) is 25.4 Å². The normalized spacial score (nSPS) is 12.7. The maximum atomic E-state index is 11.3. The van der Waals surface area contributed by atoms with E-state index in [1.54, 1.807) is 0 Å². The second-order valence-corrected chi connectivity index (χ2v) is 6.17. The van der Waals surface area contributed by atoms with Crippen LogP contribution in [0.5, 0.6) is 0 Å². The van der Waals surface area contributed by atoms with Crippen LogP contribution in [-0.2, 0) is 14.8 Å². The molecule has 0 aromatic carbocycles. The smallest absolute Gasteiger partial charge is 0.314 e. The summed E-state index contributed by atoms with van der Waals surface area (Å²) in [5, 5.41) is 13.6. The second kappa shape index (κ2) is 8.70. The monoisotopic (exact) mass is 295 g/mol. The van der Waals surface area contributed by atoms with E-state index >= 15 is 0 Å². The molecule has 0 aromatic heterocycles. The van der Waals surface area contributed by atoms with Gasteiger partial charge in [0.15, 0.2) is 0 Å². The lowest BCUT2D eigenvalue weighted by Crippen LogP contribution is -2.41. The van der Waals surface area contributed by atoms with E-state index in [2.05, 4.69) is 15.4 Å². The molecule has 0 fully saturated rings. The number of carbonyl (C=O) groups is 2. The van der Waals surface area contributed by atoms with Gasteiger partial charge in [-0.2, -0.15) is 0 Å². The Kier molecular flexibility index (Phi) is 8.08. The van der Waals surface area contributed by atoms with Crippen LogP contribution in [0.4, 0.5) is 4.79 Å². The maximum Gasteiger partial charge on any atom is 0.314 e. The zero-order chi connectivity index (χ0) is 14.9. The lowest BCUT2D eigenvalue weighted by Gasteiger charge is -2.12. The molecule has 4 N–H and O–H groups in total. The molecule has 2 amide bonds. The van der Waals surface area contributed by atoms with Crippen LogP contribution in [0.15, 0.2) is 0 Å². The predicted molar refractivity (Wildman–Crippen MR) is 70.3 cm³/mol. The number of amides is 2. The quantitative estimate of drug-likeness (QED) is 0.420. The molecule has 0 aliphatic heterocycles. The predicted octanol–water partition coefficient (Wildman–Crippen LogP) is -0.664. The summed E-state index contributed by atoms with van der Waals surface area (Å²) >= 11 is 0. The summed E-state index contributed by atoms with van der Waals surface area (Å²) in [6.07, 6.45) is 1.60. The zero-order valence-corrected chi connectivity index (χ0v) is 11.9. The Morgan fingerprint density at radius 3 is 2.37 bits per heavy atom. The van der Waals surface area contributed by atoms with Crippen molar-refractivity contribution in [2.75, 3.05) is 25.9 Å². The first-order valence-corrected chi connectivity index (χ1v) is 7.78.